The largest absolute Gasteiger partial charge is 0.381 e. The first kappa shape index (κ1) is 15.8. The van der Waals surface area contributed by atoms with Gasteiger partial charge in [-0.05, 0) is 30.7 Å². The normalized spacial score (nSPS) is 21.0. The lowest BCUT2D eigenvalue weighted by Gasteiger charge is -2.28. The van der Waals surface area contributed by atoms with E-state index < -0.39 is 5.79 Å². The molecule has 3 heteroatoms. The molecule has 2 fully saturated rings. The fourth-order valence-corrected chi connectivity index (χ4v) is 3.71. The molecule has 126 valence electrons. The summed E-state index contributed by atoms with van der Waals surface area (Å²) in [5.74, 6) is -0.00924. The highest BCUT2D eigenvalue weighted by Crippen LogP contribution is 2.38. The predicted octanol–water partition coefficient (Wildman–Crippen LogP) is 3.90. The molecule has 0 aliphatic carbocycles. The molecule has 2 aromatic carbocycles. The van der Waals surface area contributed by atoms with Gasteiger partial charge < -0.3 is 14.2 Å². The molecule has 4 rings (SSSR count). The Bertz CT molecular complexity index is 639. The highest BCUT2D eigenvalue weighted by molar-refractivity contribution is 5.36. The van der Waals surface area contributed by atoms with Crippen molar-refractivity contribution in [3.63, 3.8) is 0 Å². The topological polar surface area (TPSA) is 27.7 Å². The Morgan fingerprint density at radius 1 is 0.750 bits per heavy atom. The van der Waals surface area contributed by atoms with E-state index in [9.17, 15) is 0 Å². The Labute approximate surface area is 143 Å². The molecule has 0 aromatic heterocycles. The molecule has 2 aromatic rings. The van der Waals surface area contributed by atoms with Crippen molar-refractivity contribution >= 4 is 0 Å². The zero-order valence-electron chi connectivity index (χ0n) is 13.9. The molecule has 0 bridgehead atoms. The Balaban J connectivity index is 1.56. The van der Waals surface area contributed by atoms with E-state index in [1.165, 1.54) is 18.4 Å². The van der Waals surface area contributed by atoms with Crippen LogP contribution in [0, 0.1) is 5.92 Å². The highest BCUT2D eigenvalue weighted by atomic mass is 16.7. The molecule has 0 N–H and O–H groups in total. The molecule has 3 nitrogen and oxygen atoms in total. The van der Waals surface area contributed by atoms with E-state index in [2.05, 4.69) is 36.4 Å². The van der Waals surface area contributed by atoms with Gasteiger partial charge in [0.15, 0.2) is 0 Å². The predicted molar refractivity (Wildman–Crippen MR) is 92.8 cm³/mol. The Kier molecular flexibility index (Phi) is 4.65. The second-order valence-corrected chi connectivity index (χ2v) is 6.64. The zero-order valence-corrected chi connectivity index (χ0v) is 13.9. The van der Waals surface area contributed by atoms with Gasteiger partial charge in [-0.2, -0.15) is 0 Å². The van der Waals surface area contributed by atoms with Crippen molar-refractivity contribution in [1.29, 1.82) is 0 Å². The lowest BCUT2D eigenvalue weighted by Crippen LogP contribution is -2.28. The van der Waals surface area contributed by atoms with Crippen LogP contribution in [0.2, 0.25) is 0 Å². The van der Waals surface area contributed by atoms with Crippen molar-refractivity contribution in [1.82, 2.24) is 0 Å². The lowest BCUT2D eigenvalue weighted by atomic mass is 9.90. The summed E-state index contributed by atoms with van der Waals surface area (Å²) in [5.41, 5.74) is 3.51. The van der Waals surface area contributed by atoms with Crippen molar-refractivity contribution in [2.45, 2.75) is 25.0 Å². The molecule has 0 amide bonds. The molecule has 2 heterocycles. The summed E-state index contributed by atoms with van der Waals surface area (Å²) < 4.78 is 17.6. The smallest absolute Gasteiger partial charge is 0.222 e. The van der Waals surface area contributed by atoms with Crippen LogP contribution in [0.1, 0.15) is 29.5 Å². The van der Waals surface area contributed by atoms with Crippen molar-refractivity contribution in [2.75, 3.05) is 26.4 Å². The summed E-state index contributed by atoms with van der Waals surface area (Å²) in [6.45, 7) is 3.06. The van der Waals surface area contributed by atoms with Crippen LogP contribution in [0.5, 0.6) is 0 Å². The molecule has 2 aliphatic rings. The number of benzene rings is 2. The summed E-state index contributed by atoms with van der Waals surface area (Å²) in [6, 6.07) is 19.0. The fraction of sp³-hybridized carbons (Fsp3) is 0.429. The van der Waals surface area contributed by atoms with Gasteiger partial charge in [-0.3, -0.25) is 0 Å². The zero-order chi connectivity index (χ0) is 16.2. The minimum absolute atomic E-state index is 0.624. The summed E-state index contributed by atoms with van der Waals surface area (Å²) in [6.07, 6.45) is 3.47. The van der Waals surface area contributed by atoms with Crippen LogP contribution < -0.4 is 0 Å². The molecule has 0 atom stereocenters. The number of hydrogen-bond acceptors (Lipinski definition) is 3. The Morgan fingerprint density at radius 3 is 2.04 bits per heavy atom. The number of rotatable bonds is 4. The van der Waals surface area contributed by atoms with E-state index in [4.69, 9.17) is 14.2 Å². The number of hydrogen-bond donors (Lipinski definition) is 0. The molecule has 2 saturated heterocycles. The maximum atomic E-state index is 6.06. The summed E-state index contributed by atoms with van der Waals surface area (Å²) in [5, 5.41) is 0. The molecular weight excluding hydrogens is 300 g/mol. The standard InChI is InChI=1S/C21H24O3/c1-2-4-19(5-3-1)21(23-14-15-24-21)20-8-6-17(7-9-20)16-18-10-12-22-13-11-18/h1-9,18H,10-16H2. The molecule has 0 spiro atoms. The van der Waals surface area contributed by atoms with Crippen LogP contribution in [0.25, 0.3) is 0 Å². The van der Waals surface area contributed by atoms with E-state index in [1.807, 2.05) is 18.2 Å². The number of ether oxygens (including phenoxy) is 3. The van der Waals surface area contributed by atoms with Gasteiger partial charge in [0, 0.05) is 24.3 Å². The first-order chi connectivity index (χ1) is 11.9. The Morgan fingerprint density at radius 2 is 1.38 bits per heavy atom. The van der Waals surface area contributed by atoms with Crippen LogP contribution in [-0.4, -0.2) is 26.4 Å². The first-order valence-electron chi connectivity index (χ1n) is 8.87. The van der Waals surface area contributed by atoms with Gasteiger partial charge in [-0.25, -0.2) is 0 Å². The Hall–Kier alpha value is -1.68. The monoisotopic (exact) mass is 324 g/mol. The quantitative estimate of drug-likeness (QED) is 0.853. The molecule has 2 aliphatic heterocycles. The summed E-state index contributed by atoms with van der Waals surface area (Å²) in [4.78, 5) is 0. The van der Waals surface area contributed by atoms with Gasteiger partial charge in [0.2, 0.25) is 5.79 Å². The van der Waals surface area contributed by atoms with Crippen molar-refractivity contribution < 1.29 is 14.2 Å². The van der Waals surface area contributed by atoms with E-state index in [0.29, 0.717) is 13.2 Å². The van der Waals surface area contributed by atoms with Crippen molar-refractivity contribution in [3.05, 3.63) is 71.3 Å². The fourth-order valence-electron chi connectivity index (χ4n) is 3.71. The SMILES string of the molecule is c1ccc(C2(c3ccc(CC4CCOCC4)cc3)OCCO2)cc1. The van der Waals surface area contributed by atoms with Crippen LogP contribution in [-0.2, 0) is 26.4 Å². The molecule has 0 radical (unpaired) electrons. The minimum Gasteiger partial charge on any atom is -0.381 e. The van der Waals surface area contributed by atoms with Crippen LogP contribution in [0.15, 0.2) is 54.6 Å². The molecule has 24 heavy (non-hydrogen) atoms. The molecule has 0 unspecified atom stereocenters. The van der Waals surface area contributed by atoms with E-state index >= 15 is 0 Å². The van der Waals surface area contributed by atoms with Gasteiger partial charge in [0.1, 0.15) is 0 Å². The van der Waals surface area contributed by atoms with Gasteiger partial charge in [-0.15, -0.1) is 0 Å². The van der Waals surface area contributed by atoms with Gasteiger partial charge in [0.25, 0.3) is 0 Å². The van der Waals surface area contributed by atoms with Gasteiger partial charge in [0.05, 0.1) is 13.2 Å². The second-order valence-electron chi connectivity index (χ2n) is 6.64. The van der Waals surface area contributed by atoms with Gasteiger partial charge in [-0.1, -0.05) is 54.6 Å². The maximum absolute atomic E-state index is 6.06. The highest BCUT2D eigenvalue weighted by Gasteiger charge is 2.40. The van der Waals surface area contributed by atoms with Crippen LogP contribution in [0.3, 0.4) is 0 Å². The third kappa shape index (κ3) is 3.12. The molecule has 0 saturated carbocycles. The first-order valence-corrected chi connectivity index (χ1v) is 8.87. The van der Waals surface area contributed by atoms with Crippen molar-refractivity contribution in [3.8, 4) is 0 Å². The van der Waals surface area contributed by atoms with E-state index in [-0.39, 0.29) is 0 Å². The van der Waals surface area contributed by atoms with E-state index in [1.54, 1.807) is 0 Å². The van der Waals surface area contributed by atoms with Crippen LogP contribution in [0.4, 0.5) is 0 Å². The van der Waals surface area contributed by atoms with Crippen LogP contribution >= 0.6 is 0 Å². The third-order valence-corrected chi connectivity index (χ3v) is 5.05. The minimum atomic E-state index is -0.752. The summed E-state index contributed by atoms with van der Waals surface area (Å²) in [7, 11) is 0. The molecular formula is C21H24O3. The third-order valence-electron chi connectivity index (χ3n) is 5.05. The van der Waals surface area contributed by atoms with E-state index in [0.717, 1.165) is 36.7 Å². The average molecular weight is 324 g/mol. The van der Waals surface area contributed by atoms with Gasteiger partial charge >= 0.3 is 0 Å². The second kappa shape index (κ2) is 7.06. The summed E-state index contributed by atoms with van der Waals surface area (Å²) >= 11 is 0. The average Bonchev–Trinajstić information content (AvgIpc) is 3.15. The van der Waals surface area contributed by atoms with Crippen molar-refractivity contribution in [2.24, 2.45) is 5.92 Å². The maximum Gasteiger partial charge on any atom is 0.222 e. The lowest BCUT2D eigenvalue weighted by molar-refractivity contribution is -0.129.